The second-order valence-electron chi connectivity index (χ2n) is 6.61. The van der Waals surface area contributed by atoms with Gasteiger partial charge in [0.05, 0.1) is 0 Å². The number of piperidine rings is 2. The molecule has 0 bridgehead atoms. The molecule has 0 aromatic carbocycles. The van der Waals surface area contributed by atoms with Crippen molar-refractivity contribution in [3.8, 4) is 0 Å². The summed E-state index contributed by atoms with van der Waals surface area (Å²) in [5.74, 6) is 0.227. The Hall–Kier alpha value is -0.460. The van der Waals surface area contributed by atoms with E-state index in [1.54, 1.807) is 8.61 Å². The lowest BCUT2D eigenvalue weighted by Gasteiger charge is -2.41. The number of Topliss-reactive ketones (excluding diaryl/α,β-unsaturated/α-hetero) is 1. The Morgan fingerprint density at radius 3 is 2.24 bits per heavy atom. The monoisotopic (exact) mass is 314 g/mol. The van der Waals surface area contributed by atoms with Gasteiger partial charge in [0, 0.05) is 38.0 Å². The van der Waals surface area contributed by atoms with E-state index in [9.17, 15) is 13.2 Å². The fraction of sp³-hybridized carbons (Fsp3) is 0.933. The molecule has 3 fully saturated rings. The van der Waals surface area contributed by atoms with Crippen molar-refractivity contribution in [3.63, 3.8) is 0 Å². The van der Waals surface area contributed by atoms with E-state index in [2.05, 4.69) is 0 Å². The Morgan fingerprint density at radius 2 is 1.57 bits per heavy atom. The zero-order valence-electron chi connectivity index (χ0n) is 12.7. The molecule has 0 aromatic rings. The molecule has 1 saturated carbocycles. The maximum absolute atomic E-state index is 13.0. The van der Waals surface area contributed by atoms with Gasteiger partial charge in [0.1, 0.15) is 5.78 Å². The largest absolute Gasteiger partial charge is 0.299 e. The summed E-state index contributed by atoms with van der Waals surface area (Å²) in [6, 6.07) is -0.0827. The zero-order valence-corrected chi connectivity index (χ0v) is 13.5. The van der Waals surface area contributed by atoms with Crippen molar-refractivity contribution < 1.29 is 13.2 Å². The molecule has 0 aromatic heterocycles. The van der Waals surface area contributed by atoms with Crippen LogP contribution in [0.2, 0.25) is 0 Å². The van der Waals surface area contributed by atoms with Crippen LogP contribution in [0.1, 0.15) is 57.8 Å². The van der Waals surface area contributed by atoms with Crippen LogP contribution in [0.15, 0.2) is 0 Å². The smallest absolute Gasteiger partial charge is 0.282 e. The SMILES string of the molecule is O=C1CCCC1C1CCCCN1S(=O)(=O)N1CCCCC1. The van der Waals surface area contributed by atoms with Crippen molar-refractivity contribution >= 4 is 16.0 Å². The summed E-state index contributed by atoms with van der Waals surface area (Å²) >= 11 is 0. The molecule has 0 spiro atoms. The number of hydrogen-bond acceptors (Lipinski definition) is 3. The van der Waals surface area contributed by atoms with Gasteiger partial charge in [-0.25, -0.2) is 0 Å². The summed E-state index contributed by atoms with van der Waals surface area (Å²) in [5.41, 5.74) is 0. The second-order valence-corrected chi connectivity index (χ2v) is 8.49. The third kappa shape index (κ3) is 3.03. The number of hydrogen-bond donors (Lipinski definition) is 0. The van der Waals surface area contributed by atoms with E-state index < -0.39 is 10.2 Å². The molecule has 6 heteroatoms. The quantitative estimate of drug-likeness (QED) is 0.800. The summed E-state index contributed by atoms with van der Waals surface area (Å²) in [5, 5.41) is 0. The van der Waals surface area contributed by atoms with Crippen LogP contribution in [0, 0.1) is 5.92 Å². The van der Waals surface area contributed by atoms with Gasteiger partial charge in [0.2, 0.25) is 0 Å². The van der Waals surface area contributed by atoms with Crippen molar-refractivity contribution in [2.24, 2.45) is 5.92 Å². The lowest BCUT2D eigenvalue weighted by molar-refractivity contribution is -0.122. The van der Waals surface area contributed by atoms with E-state index >= 15 is 0 Å². The highest BCUT2D eigenvalue weighted by Gasteiger charge is 2.43. The first-order valence-electron chi connectivity index (χ1n) is 8.40. The zero-order chi connectivity index (χ0) is 14.9. The standard InChI is InChI=1S/C15H26N2O3S/c18-15-9-6-7-13(15)14-8-2-5-12-17(14)21(19,20)16-10-3-1-4-11-16/h13-14H,1-12H2. The van der Waals surface area contributed by atoms with Crippen LogP contribution < -0.4 is 0 Å². The number of ketones is 1. The van der Waals surface area contributed by atoms with Crippen molar-refractivity contribution in [1.82, 2.24) is 8.61 Å². The highest BCUT2D eigenvalue weighted by molar-refractivity contribution is 7.86. The molecular weight excluding hydrogens is 288 g/mol. The minimum atomic E-state index is -3.38. The maximum atomic E-state index is 13.0. The summed E-state index contributed by atoms with van der Waals surface area (Å²) in [6.07, 6.45) is 8.29. The molecule has 120 valence electrons. The first-order valence-corrected chi connectivity index (χ1v) is 9.80. The van der Waals surface area contributed by atoms with Crippen LogP contribution in [0.4, 0.5) is 0 Å². The van der Waals surface area contributed by atoms with Crippen LogP contribution in [0.3, 0.4) is 0 Å². The molecule has 2 aliphatic heterocycles. The Labute approximate surface area is 127 Å². The minimum absolute atomic E-state index is 0.0511. The molecule has 2 heterocycles. The third-order valence-corrected chi connectivity index (χ3v) is 7.32. The van der Waals surface area contributed by atoms with Gasteiger partial charge in [-0.3, -0.25) is 4.79 Å². The fourth-order valence-corrected chi connectivity index (χ4v) is 6.08. The lowest BCUT2D eigenvalue weighted by Crippen LogP contribution is -2.54. The average molecular weight is 314 g/mol. The second kappa shape index (κ2) is 6.34. The van der Waals surface area contributed by atoms with Crippen molar-refractivity contribution in [2.45, 2.75) is 63.8 Å². The highest BCUT2D eigenvalue weighted by Crippen LogP contribution is 2.35. The maximum Gasteiger partial charge on any atom is 0.282 e. The van der Waals surface area contributed by atoms with Crippen molar-refractivity contribution in [1.29, 1.82) is 0 Å². The van der Waals surface area contributed by atoms with Crippen LogP contribution in [-0.2, 0) is 15.0 Å². The molecule has 1 aliphatic carbocycles. The van der Waals surface area contributed by atoms with Crippen molar-refractivity contribution in [2.75, 3.05) is 19.6 Å². The number of rotatable bonds is 3. The molecule has 5 nitrogen and oxygen atoms in total. The van der Waals surface area contributed by atoms with Gasteiger partial charge in [-0.05, 0) is 38.5 Å². The minimum Gasteiger partial charge on any atom is -0.299 e. The van der Waals surface area contributed by atoms with Gasteiger partial charge in [0.15, 0.2) is 0 Å². The number of carbonyl (C=O) groups excluding carboxylic acids is 1. The van der Waals surface area contributed by atoms with Gasteiger partial charge in [-0.15, -0.1) is 0 Å². The van der Waals surface area contributed by atoms with Crippen LogP contribution in [0.25, 0.3) is 0 Å². The van der Waals surface area contributed by atoms with Crippen LogP contribution in [0.5, 0.6) is 0 Å². The Kier molecular flexibility index (Phi) is 4.66. The summed E-state index contributed by atoms with van der Waals surface area (Å²) in [6.45, 7) is 1.88. The van der Waals surface area contributed by atoms with Crippen molar-refractivity contribution in [3.05, 3.63) is 0 Å². The first-order chi connectivity index (χ1) is 10.1. The molecule has 0 N–H and O–H groups in total. The number of nitrogens with zero attached hydrogens (tertiary/aromatic N) is 2. The van der Waals surface area contributed by atoms with Gasteiger partial charge >= 0.3 is 0 Å². The van der Waals surface area contributed by atoms with Crippen LogP contribution in [-0.4, -0.2) is 48.5 Å². The average Bonchev–Trinajstić information content (AvgIpc) is 2.94. The molecular formula is C15H26N2O3S. The fourth-order valence-electron chi connectivity index (χ4n) is 4.11. The van der Waals surface area contributed by atoms with Crippen LogP contribution >= 0.6 is 0 Å². The molecule has 0 amide bonds. The summed E-state index contributed by atoms with van der Waals surface area (Å²) in [4.78, 5) is 12.1. The van der Waals surface area contributed by atoms with E-state index in [4.69, 9.17) is 0 Å². The normalized spacial score (nSPS) is 33.4. The molecule has 0 radical (unpaired) electrons. The summed E-state index contributed by atoms with van der Waals surface area (Å²) in [7, 11) is -3.38. The molecule has 2 saturated heterocycles. The van der Waals surface area contributed by atoms with Gasteiger partial charge in [0.25, 0.3) is 10.2 Å². The Bertz CT molecular complexity index is 485. The molecule has 3 aliphatic rings. The highest BCUT2D eigenvalue weighted by atomic mass is 32.2. The molecule has 3 rings (SSSR count). The predicted octanol–water partition coefficient (Wildman–Crippen LogP) is 1.94. The topological polar surface area (TPSA) is 57.7 Å². The first kappa shape index (κ1) is 15.4. The molecule has 21 heavy (non-hydrogen) atoms. The van der Waals surface area contributed by atoms with E-state index in [-0.39, 0.29) is 17.7 Å². The lowest BCUT2D eigenvalue weighted by atomic mass is 9.90. The van der Waals surface area contributed by atoms with E-state index in [1.807, 2.05) is 0 Å². The molecule has 2 unspecified atom stereocenters. The molecule has 2 atom stereocenters. The van der Waals surface area contributed by atoms with E-state index in [0.29, 0.717) is 26.1 Å². The predicted molar refractivity (Wildman–Crippen MR) is 81.0 cm³/mol. The number of carbonyl (C=O) groups is 1. The van der Waals surface area contributed by atoms with Gasteiger partial charge < -0.3 is 0 Å². The van der Waals surface area contributed by atoms with Gasteiger partial charge in [-0.1, -0.05) is 12.8 Å². The van der Waals surface area contributed by atoms with E-state index in [1.165, 1.54) is 0 Å². The van der Waals surface area contributed by atoms with Gasteiger partial charge in [-0.2, -0.15) is 17.0 Å². The Morgan fingerprint density at radius 1 is 0.857 bits per heavy atom. The summed E-state index contributed by atoms with van der Waals surface area (Å²) < 4.78 is 29.2. The van der Waals surface area contributed by atoms with E-state index in [0.717, 1.165) is 51.4 Å². The third-order valence-electron chi connectivity index (χ3n) is 5.25. The Balaban J connectivity index is 1.81.